The molecule has 0 radical (unpaired) electrons. The van der Waals surface area contributed by atoms with E-state index in [4.69, 9.17) is 0 Å². The fraction of sp³-hybridized carbons (Fsp3) is 0.240. The largest absolute Gasteiger partial charge is 0.311 e. The number of rotatable bonds is 7. The minimum Gasteiger partial charge on any atom is -0.311 e. The zero-order chi connectivity index (χ0) is 21.2. The molecule has 0 saturated heterocycles. The summed E-state index contributed by atoms with van der Waals surface area (Å²) in [5.41, 5.74) is 2.00. The van der Waals surface area contributed by atoms with Gasteiger partial charge < -0.3 is 4.90 Å². The maximum atomic E-state index is 13.2. The van der Waals surface area contributed by atoms with Crippen LogP contribution in [0.4, 0.5) is 5.69 Å². The number of carbonyl (C=O) groups excluding carboxylic acids is 1. The Bertz CT molecular complexity index is 1210. The van der Waals surface area contributed by atoms with Crippen LogP contribution in [-0.2, 0) is 4.79 Å². The van der Waals surface area contributed by atoms with Crippen LogP contribution >= 0.6 is 11.8 Å². The first-order valence-corrected chi connectivity index (χ1v) is 11.7. The van der Waals surface area contributed by atoms with E-state index >= 15 is 0 Å². The molecule has 0 N–H and O–H groups in total. The van der Waals surface area contributed by atoms with Crippen molar-refractivity contribution in [2.24, 2.45) is 0 Å². The Morgan fingerprint density at radius 2 is 1.74 bits per heavy atom. The Morgan fingerprint density at radius 3 is 2.52 bits per heavy atom. The van der Waals surface area contributed by atoms with Crippen LogP contribution in [-0.4, -0.2) is 33.0 Å². The number of amides is 1. The summed E-state index contributed by atoms with van der Waals surface area (Å²) < 4.78 is 2.11. The van der Waals surface area contributed by atoms with Gasteiger partial charge >= 0.3 is 0 Å². The number of aromatic nitrogens is 3. The van der Waals surface area contributed by atoms with Gasteiger partial charge in [-0.2, -0.15) is 0 Å². The molecule has 0 atom stereocenters. The third kappa shape index (κ3) is 3.95. The topological polar surface area (TPSA) is 51.0 Å². The third-order valence-electron chi connectivity index (χ3n) is 5.61. The SMILES string of the molecule is CCN(C(=O)CSc1nnc(C2CC2)n1-c1ccccc1)c1cccc2ccccc12. The van der Waals surface area contributed by atoms with E-state index in [9.17, 15) is 4.79 Å². The number of benzene rings is 3. The molecule has 1 aliphatic rings. The van der Waals surface area contributed by atoms with Crippen LogP contribution in [0.1, 0.15) is 31.5 Å². The van der Waals surface area contributed by atoms with E-state index in [0.29, 0.717) is 18.2 Å². The standard InChI is InChI=1S/C25H24N4OS/c1-2-28(22-14-8-10-18-9-6-7-13-21(18)22)23(30)17-31-25-27-26-24(19-15-16-19)29(25)20-11-4-3-5-12-20/h3-14,19H,2,15-17H2,1H3. The molecule has 0 bridgehead atoms. The van der Waals surface area contributed by atoms with Crippen molar-refractivity contribution in [1.82, 2.24) is 14.8 Å². The molecule has 31 heavy (non-hydrogen) atoms. The Kier molecular flexibility index (Phi) is 5.47. The minimum atomic E-state index is 0.0689. The molecule has 0 spiro atoms. The fourth-order valence-electron chi connectivity index (χ4n) is 3.93. The van der Waals surface area contributed by atoms with Crippen molar-refractivity contribution in [2.75, 3.05) is 17.2 Å². The molecule has 1 aliphatic carbocycles. The number of hydrogen-bond acceptors (Lipinski definition) is 4. The van der Waals surface area contributed by atoms with E-state index in [2.05, 4.69) is 45.1 Å². The van der Waals surface area contributed by atoms with Crippen LogP contribution in [0, 0.1) is 0 Å². The van der Waals surface area contributed by atoms with Crippen LogP contribution < -0.4 is 4.90 Å². The summed E-state index contributed by atoms with van der Waals surface area (Å²) in [4.78, 5) is 15.1. The van der Waals surface area contributed by atoms with E-state index < -0.39 is 0 Å². The number of nitrogens with zero attached hydrogens (tertiary/aromatic N) is 4. The molecule has 1 saturated carbocycles. The fourth-order valence-corrected chi connectivity index (χ4v) is 4.76. The summed E-state index contributed by atoms with van der Waals surface area (Å²) in [6, 6.07) is 24.5. The van der Waals surface area contributed by atoms with Crippen LogP contribution in [0.15, 0.2) is 78.0 Å². The van der Waals surface area contributed by atoms with Crippen LogP contribution in [0.3, 0.4) is 0 Å². The van der Waals surface area contributed by atoms with Crippen LogP contribution in [0.25, 0.3) is 16.5 Å². The summed E-state index contributed by atoms with van der Waals surface area (Å²) in [6.45, 7) is 2.63. The second-order valence-corrected chi connectivity index (χ2v) is 8.65. The highest BCUT2D eigenvalue weighted by molar-refractivity contribution is 7.99. The second kappa shape index (κ2) is 8.55. The summed E-state index contributed by atoms with van der Waals surface area (Å²) in [5.74, 6) is 1.86. The average Bonchev–Trinajstić information content (AvgIpc) is 3.58. The first-order valence-electron chi connectivity index (χ1n) is 10.7. The van der Waals surface area contributed by atoms with Crippen molar-refractivity contribution >= 4 is 34.1 Å². The average molecular weight is 429 g/mol. The lowest BCUT2D eigenvalue weighted by Crippen LogP contribution is -2.32. The molecule has 1 aromatic heterocycles. The maximum absolute atomic E-state index is 13.2. The summed E-state index contributed by atoms with van der Waals surface area (Å²) >= 11 is 1.46. The highest BCUT2D eigenvalue weighted by atomic mass is 32.2. The van der Waals surface area contributed by atoms with E-state index in [-0.39, 0.29) is 5.91 Å². The zero-order valence-electron chi connectivity index (χ0n) is 17.4. The molecule has 4 aromatic rings. The lowest BCUT2D eigenvalue weighted by atomic mass is 10.1. The first kappa shape index (κ1) is 19.8. The summed E-state index contributed by atoms with van der Waals surface area (Å²) in [7, 11) is 0. The number of hydrogen-bond donors (Lipinski definition) is 0. The highest BCUT2D eigenvalue weighted by Crippen LogP contribution is 2.41. The molecular formula is C25H24N4OS. The monoisotopic (exact) mass is 428 g/mol. The van der Waals surface area contributed by atoms with Gasteiger partial charge in [0.1, 0.15) is 5.82 Å². The lowest BCUT2D eigenvalue weighted by molar-refractivity contribution is -0.116. The van der Waals surface area contributed by atoms with Gasteiger partial charge in [0.2, 0.25) is 5.91 Å². The van der Waals surface area contributed by atoms with Gasteiger partial charge in [-0.3, -0.25) is 9.36 Å². The van der Waals surface area contributed by atoms with Gasteiger partial charge in [-0.05, 0) is 43.4 Å². The van der Waals surface area contributed by atoms with Gasteiger partial charge in [0.05, 0.1) is 11.4 Å². The van der Waals surface area contributed by atoms with Gasteiger partial charge in [0, 0.05) is 23.5 Å². The predicted octanol–water partition coefficient (Wildman–Crippen LogP) is 5.44. The molecular weight excluding hydrogens is 404 g/mol. The smallest absolute Gasteiger partial charge is 0.237 e. The van der Waals surface area contributed by atoms with Crippen LogP contribution in [0.2, 0.25) is 0 Å². The lowest BCUT2D eigenvalue weighted by Gasteiger charge is -2.22. The van der Waals surface area contributed by atoms with Crippen molar-refractivity contribution in [3.8, 4) is 5.69 Å². The van der Waals surface area contributed by atoms with Crippen molar-refractivity contribution < 1.29 is 4.79 Å². The molecule has 1 heterocycles. The van der Waals surface area contributed by atoms with Gasteiger partial charge in [-0.15, -0.1) is 10.2 Å². The second-order valence-electron chi connectivity index (χ2n) is 7.71. The maximum Gasteiger partial charge on any atom is 0.237 e. The predicted molar refractivity (Wildman–Crippen MR) is 126 cm³/mol. The van der Waals surface area contributed by atoms with E-state index in [1.165, 1.54) is 11.8 Å². The van der Waals surface area contributed by atoms with Crippen molar-refractivity contribution in [3.63, 3.8) is 0 Å². The van der Waals surface area contributed by atoms with Crippen molar-refractivity contribution in [1.29, 1.82) is 0 Å². The number of fused-ring (bicyclic) bond motifs is 1. The van der Waals surface area contributed by atoms with Crippen molar-refractivity contribution in [2.45, 2.75) is 30.8 Å². The van der Waals surface area contributed by atoms with Crippen LogP contribution in [0.5, 0.6) is 0 Å². The van der Waals surface area contributed by atoms with E-state index in [1.54, 1.807) is 0 Å². The van der Waals surface area contributed by atoms with Gasteiger partial charge in [-0.1, -0.05) is 66.4 Å². The molecule has 156 valence electrons. The normalized spacial score (nSPS) is 13.5. The Labute approximate surface area is 186 Å². The number of carbonyl (C=O) groups is 1. The molecule has 1 fully saturated rings. The molecule has 0 aliphatic heterocycles. The third-order valence-corrected chi connectivity index (χ3v) is 6.53. The number of anilines is 1. The molecule has 0 unspecified atom stereocenters. The molecule has 1 amide bonds. The molecule has 3 aromatic carbocycles. The minimum absolute atomic E-state index is 0.0689. The van der Waals surface area contributed by atoms with E-state index in [0.717, 1.165) is 46.0 Å². The summed E-state index contributed by atoms with van der Waals surface area (Å²) in [5, 5.41) is 11.9. The molecule has 6 heteroatoms. The van der Waals surface area contributed by atoms with Crippen molar-refractivity contribution in [3.05, 3.63) is 78.6 Å². The van der Waals surface area contributed by atoms with E-state index in [1.807, 2.05) is 54.3 Å². The number of thioether (sulfide) groups is 1. The Hall–Kier alpha value is -3.12. The Morgan fingerprint density at radius 1 is 1.00 bits per heavy atom. The van der Waals surface area contributed by atoms with Gasteiger partial charge in [0.15, 0.2) is 5.16 Å². The highest BCUT2D eigenvalue weighted by Gasteiger charge is 2.31. The van der Waals surface area contributed by atoms with Gasteiger partial charge in [0.25, 0.3) is 0 Å². The summed E-state index contributed by atoms with van der Waals surface area (Å²) in [6.07, 6.45) is 2.30. The molecule has 5 nitrogen and oxygen atoms in total. The Balaban J connectivity index is 1.40. The quantitative estimate of drug-likeness (QED) is 0.368. The first-order chi connectivity index (χ1) is 15.3. The molecule has 5 rings (SSSR count). The zero-order valence-corrected chi connectivity index (χ0v) is 18.3. The van der Waals surface area contributed by atoms with Gasteiger partial charge in [-0.25, -0.2) is 0 Å². The number of para-hydroxylation sites is 1.